The van der Waals surface area contributed by atoms with Gasteiger partial charge in [-0.2, -0.15) is 0 Å². The number of aliphatic hydroxyl groups is 1. The number of amides is 1. The highest BCUT2D eigenvalue weighted by Gasteiger charge is 2.28. The van der Waals surface area contributed by atoms with Crippen LogP contribution in [0.5, 0.6) is 5.75 Å². The standard InChI is InChI=1S/C13H15N3O3S/c1-19-9-3-2-4-10-11(9)15-13(20-10)16-12(18)8-5-7(17)6-14-8/h2-4,7-8,14,17H,5-6H2,1H3,(H,15,16,18)/t7-,8-/m1/s1. The van der Waals surface area contributed by atoms with E-state index in [1.807, 2.05) is 18.2 Å². The van der Waals surface area contributed by atoms with Gasteiger partial charge in [0.15, 0.2) is 5.13 Å². The molecule has 0 aliphatic carbocycles. The lowest BCUT2D eigenvalue weighted by Gasteiger charge is -2.08. The van der Waals surface area contributed by atoms with Gasteiger partial charge in [0.1, 0.15) is 11.3 Å². The van der Waals surface area contributed by atoms with Crippen molar-refractivity contribution >= 4 is 32.6 Å². The van der Waals surface area contributed by atoms with Gasteiger partial charge >= 0.3 is 0 Å². The van der Waals surface area contributed by atoms with Crippen LogP contribution in [0.25, 0.3) is 10.2 Å². The number of nitrogens with zero attached hydrogens (tertiary/aromatic N) is 1. The van der Waals surface area contributed by atoms with Crippen molar-refractivity contribution in [1.82, 2.24) is 10.3 Å². The second-order valence-corrected chi connectivity index (χ2v) is 5.70. The molecule has 2 atom stereocenters. The normalized spacial score (nSPS) is 22.1. The Kier molecular flexibility index (Phi) is 3.56. The SMILES string of the molecule is COc1cccc2sc(NC(=O)[C@H]3C[C@@H](O)CN3)nc12. The molecule has 3 rings (SSSR count). The van der Waals surface area contributed by atoms with Crippen LogP contribution in [0.4, 0.5) is 5.13 Å². The van der Waals surface area contributed by atoms with Crippen molar-refractivity contribution in [2.45, 2.75) is 18.6 Å². The summed E-state index contributed by atoms with van der Waals surface area (Å²) in [5.74, 6) is 0.522. The van der Waals surface area contributed by atoms with Gasteiger partial charge in [-0.1, -0.05) is 17.4 Å². The minimum Gasteiger partial charge on any atom is -0.494 e. The number of methoxy groups -OCH3 is 1. The van der Waals surface area contributed by atoms with E-state index in [-0.39, 0.29) is 11.9 Å². The predicted molar refractivity (Wildman–Crippen MR) is 77.2 cm³/mol. The number of anilines is 1. The average molecular weight is 293 g/mol. The number of β-amino-alcohol motifs (C(OH)–C–C–N with tert-alkyl or cyclic N) is 1. The van der Waals surface area contributed by atoms with Crippen molar-refractivity contribution < 1.29 is 14.6 Å². The van der Waals surface area contributed by atoms with Crippen LogP contribution in [-0.4, -0.2) is 41.8 Å². The number of carbonyl (C=O) groups is 1. The average Bonchev–Trinajstić information content (AvgIpc) is 3.03. The van der Waals surface area contributed by atoms with Gasteiger partial charge in [-0.3, -0.25) is 4.79 Å². The molecule has 0 saturated carbocycles. The molecular weight excluding hydrogens is 278 g/mol. The summed E-state index contributed by atoms with van der Waals surface area (Å²) in [6.45, 7) is 0.450. The first-order chi connectivity index (χ1) is 9.67. The minimum absolute atomic E-state index is 0.167. The molecule has 1 aliphatic rings. The quantitative estimate of drug-likeness (QED) is 0.785. The highest BCUT2D eigenvalue weighted by Crippen LogP contribution is 2.32. The fourth-order valence-corrected chi connectivity index (χ4v) is 3.14. The maximum atomic E-state index is 12.0. The third-order valence-electron chi connectivity index (χ3n) is 3.26. The zero-order valence-electron chi connectivity index (χ0n) is 10.9. The van der Waals surface area contributed by atoms with E-state index in [1.54, 1.807) is 7.11 Å². The maximum Gasteiger partial charge on any atom is 0.243 e. The Bertz CT molecular complexity index is 643. The Morgan fingerprint density at radius 1 is 1.60 bits per heavy atom. The summed E-state index contributed by atoms with van der Waals surface area (Å²) >= 11 is 1.40. The monoisotopic (exact) mass is 293 g/mol. The second kappa shape index (κ2) is 5.35. The summed E-state index contributed by atoms with van der Waals surface area (Å²) < 4.78 is 6.20. The van der Waals surface area contributed by atoms with Crippen LogP contribution in [0.2, 0.25) is 0 Å². The van der Waals surface area contributed by atoms with Crippen molar-refractivity contribution in [2.75, 3.05) is 19.0 Å². The molecule has 1 aromatic heterocycles. The lowest BCUT2D eigenvalue weighted by atomic mass is 10.2. The number of thiazole rings is 1. The first-order valence-corrected chi connectivity index (χ1v) is 7.15. The fourth-order valence-electron chi connectivity index (χ4n) is 2.25. The van der Waals surface area contributed by atoms with Crippen LogP contribution >= 0.6 is 11.3 Å². The Balaban J connectivity index is 1.79. The molecule has 7 heteroatoms. The molecule has 0 unspecified atom stereocenters. The number of carbonyl (C=O) groups excluding carboxylic acids is 1. The van der Waals surface area contributed by atoms with E-state index in [0.717, 1.165) is 10.2 Å². The van der Waals surface area contributed by atoms with Crippen molar-refractivity contribution in [1.29, 1.82) is 0 Å². The summed E-state index contributed by atoms with van der Waals surface area (Å²) in [7, 11) is 1.59. The van der Waals surface area contributed by atoms with Crippen LogP contribution in [0.15, 0.2) is 18.2 Å². The first-order valence-electron chi connectivity index (χ1n) is 6.33. The van der Waals surface area contributed by atoms with E-state index >= 15 is 0 Å². The van der Waals surface area contributed by atoms with Crippen molar-refractivity contribution in [2.24, 2.45) is 0 Å². The van der Waals surface area contributed by atoms with Gasteiger partial charge in [-0.15, -0.1) is 0 Å². The zero-order chi connectivity index (χ0) is 14.1. The number of hydrogen-bond donors (Lipinski definition) is 3. The molecular formula is C13H15N3O3S. The highest BCUT2D eigenvalue weighted by molar-refractivity contribution is 7.22. The maximum absolute atomic E-state index is 12.0. The number of nitrogens with one attached hydrogen (secondary N) is 2. The van der Waals surface area contributed by atoms with E-state index < -0.39 is 6.10 Å². The van der Waals surface area contributed by atoms with Crippen molar-refractivity contribution in [3.8, 4) is 5.75 Å². The smallest absolute Gasteiger partial charge is 0.243 e. The van der Waals surface area contributed by atoms with Gasteiger partial charge in [0, 0.05) is 6.54 Å². The number of fused-ring (bicyclic) bond motifs is 1. The molecule has 1 aromatic carbocycles. The van der Waals surface area contributed by atoms with Crippen LogP contribution in [0, 0.1) is 0 Å². The molecule has 0 spiro atoms. The van der Waals surface area contributed by atoms with Crippen LogP contribution in [0.1, 0.15) is 6.42 Å². The molecule has 20 heavy (non-hydrogen) atoms. The molecule has 1 amide bonds. The van der Waals surface area contributed by atoms with Gasteiger partial charge in [0.05, 0.1) is 24.0 Å². The van der Waals surface area contributed by atoms with Crippen LogP contribution in [0.3, 0.4) is 0 Å². The lowest BCUT2D eigenvalue weighted by Crippen LogP contribution is -2.35. The molecule has 2 aromatic rings. The van der Waals surface area contributed by atoms with E-state index in [2.05, 4.69) is 15.6 Å². The van der Waals surface area contributed by atoms with E-state index in [0.29, 0.717) is 23.8 Å². The Morgan fingerprint density at radius 2 is 2.45 bits per heavy atom. The number of hydrogen-bond acceptors (Lipinski definition) is 6. The highest BCUT2D eigenvalue weighted by atomic mass is 32.1. The molecule has 0 radical (unpaired) electrons. The molecule has 2 heterocycles. The van der Waals surface area contributed by atoms with Gasteiger partial charge in [0.2, 0.25) is 5.91 Å². The minimum atomic E-state index is -0.457. The summed E-state index contributed by atoms with van der Waals surface area (Å²) in [5, 5.41) is 15.7. The zero-order valence-corrected chi connectivity index (χ0v) is 11.7. The number of aromatic nitrogens is 1. The van der Waals surface area contributed by atoms with E-state index in [9.17, 15) is 9.90 Å². The number of para-hydroxylation sites is 1. The molecule has 3 N–H and O–H groups in total. The fraction of sp³-hybridized carbons (Fsp3) is 0.385. The Morgan fingerprint density at radius 3 is 3.15 bits per heavy atom. The summed E-state index contributed by atoms with van der Waals surface area (Å²) in [5.41, 5.74) is 0.745. The van der Waals surface area contributed by atoms with Crippen molar-refractivity contribution in [3.63, 3.8) is 0 Å². The summed E-state index contributed by atoms with van der Waals surface area (Å²) in [6.07, 6.45) is -0.0266. The topological polar surface area (TPSA) is 83.5 Å². The van der Waals surface area contributed by atoms with E-state index in [1.165, 1.54) is 11.3 Å². The molecule has 1 saturated heterocycles. The third-order valence-corrected chi connectivity index (χ3v) is 4.19. The molecule has 6 nitrogen and oxygen atoms in total. The number of ether oxygens (including phenoxy) is 1. The Labute approximate surface area is 119 Å². The number of benzene rings is 1. The molecule has 1 aliphatic heterocycles. The van der Waals surface area contributed by atoms with Crippen molar-refractivity contribution in [3.05, 3.63) is 18.2 Å². The van der Waals surface area contributed by atoms with Crippen LogP contribution in [-0.2, 0) is 4.79 Å². The molecule has 1 fully saturated rings. The first kappa shape index (κ1) is 13.3. The number of aliphatic hydroxyl groups excluding tert-OH is 1. The van der Waals surface area contributed by atoms with Crippen LogP contribution < -0.4 is 15.4 Å². The third kappa shape index (κ3) is 2.47. The number of rotatable bonds is 3. The largest absolute Gasteiger partial charge is 0.494 e. The van der Waals surface area contributed by atoms with Gasteiger partial charge < -0.3 is 20.5 Å². The van der Waals surface area contributed by atoms with E-state index in [4.69, 9.17) is 4.74 Å². The predicted octanol–water partition coefficient (Wildman–Crippen LogP) is 0.966. The molecule has 0 bridgehead atoms. The molecule has 106 valence electrons. The summed E-state index contributed by atoms with van der Waals surface area (Å²) in [4.78, 5) is 16.4. The lowest BCUT2D eigenvalue weighted by molar-refractivity contribution is -0.117. The van der Waals surface area contributed by atoms with Gasteiger partial charge in [0.25, 0.3) is 0 Å². The summed E-state index contributed by atoms with van der Waals surface area (Å²) in [6, 6.07) is 5.30. The Hall–Kier alpha value is -1.70. The second-order valence-electron chi connectivity index (χ2n) is 4.67. The van der Waals surface area contributed by atoms with Gasteiger partial charge in [-0.25, -0.2) is 4.98 Å². The van der Waals surface area contributed by atoms with Gasteiger partial charge in [-0.05, 0) is 18.6 Å².